The molecule has 1 spiro atoms. The van der Waals surface area contributed by atoms with Crippen LogP contribution in [-0.2, 0) is 5.41 Å². The van der Waals surface area contributed by atoms with Gasteiger partial charge in [0, 0.05) is 35.9 Å². The Morgan fingerprint density at radius 1 is 1.04 bits per heavy atom. The second kappa shape index (κ2) is 5.61. The first-order valence-electron chi connectivity index (χ1n) is 9.91. The third kappa shape index (κ3) is 2.13. The van der Waals surface area contributed by atoms with Crippen LogP contribution in [0.5, 0.6) is 0 Å². The predicted molar refractivity (Wildman–Crippen MR) is 104 cm³/mol. The Morgan fingerprint density at radius 3 is 2.52 bits per heavy atom. The van der Waals surface area contributed by atoms with E-state index in [0.717, 1.165) is 11.4 Å². The lowest BCUT2D eigenvalue weighted by Crippen LogP contribution is -2.50. The smallest absolute Gasteiger partial charge is 0.0997 e. The lowest BCUT2D eigenvalue weighted by atomic mass is 9.60. The van der Waals surface area contributed by atoms with Gasteiger partial charge in [-0.25, -0.2) is 0 Å². The van der Waals surface area contributed by atoms with Gasteiger partial charge in [-0.15, -0.1) is 0 Å². The minimum Gasteiger partial charge on any atom is -0.360 e. The maximum Gasteiger partial charge on any atom is 0.0997 e. The summed E-state index contributed by atoms with van der Waals surface area (Å²) in [5.41, 5.74) is 1.55. The van der Waals surface area contributed by atoms with Crippen molar-refractivity contribution >= 4 is 17.4 Å². The number of piperidine rings is 1. The zero-order chi connectivity index (χ0) is 17.1. The van der Waals surface area contributed by atoms with Gasteiger partial charge in [-0.05, 0) is 55.7 Å². The molecule has 2 aliphatic carbocycles. The first kappa shape index (κ1) is 15.9. The highest BCUT2D eigenvalue weighted by molar-refractivity contribution is 6.30. The number of hydrogen-bond acceptors (Lipinski definition) is 2. The largest absolute Gasteiger partial charge is 0.360 e. The Hall–Kier alpha value is -1.28. The van der Waals surface area contributed by atoms with Gasteiger partial charge in [0.2, 0.25) is 0 Å². The van der Waals surface area contributed by atoms with Crippen LogP contribution in [0.1, 0.15) is 51.0 Å². The van der Waals surface area contributed by atoms with Gasteiger partial charge in [-0.2, -0.15) is 0 Å². The SMILES string of the molecule is CC1(c2ccc(Cl)cc2)C2C=CC(C2)C12CCC(N1CCCCC1)=N2. The van der Waals surface area contributed by atoms with Crippen LogP contribution in [-0.4, -0.2) is 29.4 Å². The number of likely N-dealkylation sites (tertiary alicyclic amines) is 1. The molecule has 4 aliphatic rings. The highest BCUT2D eigenvalue weighted by atomic mass is 35.5. The van der Waals surface area contributed by atoms with E-state index >= 15 is 0 Å². The summed E-state index contributed by atoms with van der Waals surface area (Å²) in [7, 11) is 0. The number of halogens is 1. The molecule has 1 aromatic carbocycles. The summed E-state index contributed by atoms with van der Waals surface area (Å²) in [6.07, 6.45) is 12.6. The average molecular weight is 355 g/mol. The van der Waals surface area contributed by atoms with Crippen molar-refractivity contribution in [3.63, 3.8) is 0 Å². The zero-order valence-electron chi connectivity index (χ0n) is 15.0. The standard InChI is InChI=1S/C22H27ClN2/c1-21(16-7-9-19(23)10-8-16)17-5-6-18(15-17)22(21)12-11-20(24-22)25-13-3-2-4-14-25/h5-10,17-18H,2-4,11-15H2,1H3. The number of rotatable bonds is 1. The van der Waals surface area contributed by atoms with Crippen molar-refractivity contribution in [3.05, 3.63) is 47.0 Å². The van der Waals surface area contributed by atoms with E-state index in [2.05, 4.69) is 48.2 Å². The fraction of sp³-hybridized carbons (Fsp3) is 0.591. The van der Waals surface area contributed by atoms with E-state index in [9.17, 15) is 0 Å². The maximum atomic E-state index is 6.17. The lowest BCUT2D eigenvalue weighted by Gasteiger charge is -2.46. The molecule has 3 heteroatoms. The highest BCUT2D eigenvalue weighted by Gasteiger charge is 2.65. The highest BCUT2D eigenvalue weighted by Crippen LogP contribution is 2.64. The summed E-state index contributed by atoms with van der Waals surface area (Å²) in [5.74, 6) is 2.59. The lowest BCUT2D eigenvalue weighted by molar-refractivity contribution is 0.216. The van der Waals surface area contributed by atoms with Crippen LogP contribution in [0.4, 0.5) is 0 Å². The molecule has 2 fully saturated rings. The minimum absolute atomic E-state index is 0.0486. The first-order chi connectivity index (χ1) is 12.1. The number of aliphatic imine (C=N–C) groups is 1. The van der Waals surface area contributed by atoms with Gasteiger partial charge < -0.3 is 4.90 Å². The van der Waals surface area contributed by atoms with Gasteiger partial charge in [0.25, 0.3) is 0 Å². The van der Waals surface area contributed by atoms with Crippen LogP contribution in [0.25, 0.3) is 0 Å². The molecule has 2 nitrogen and oxygen atoms in total. The van der Waals surface area contributed by atoms with Crippen molar-refractivity contribution in [3.8, 4) is 0 Å². The molecule has 5 rings (SSSR count). The molecule has 0 aromatic heterocycles. The van der Waals surface area contributed by atoms with Gasteiger partial charge in [0.15, 0.2) is 0 Å². The molecule has 132 valence electrons. The van der Waals surface area contributed by atoms with E-state index in [1.54, 1.807) is 0 Å². The van der Waals surface area contributed by atoms with Crippen molar-refractivity contribution in [1.82, 2.24) is 4.90 Å². The zero-order valence-corrected chi connectivity index (χ0v) is 15.8. The Balaban J connectivity index is 1.58. The van der Waals surface area contributed by atoms with Crippen LogP contribution in [0.15, 0.2) is 41.4 Å². The van der Waals surface area contributed by atoms with Crippen LogP contribution >= 0.6 is 11.6 Å². The van der Waals surface area contributed by atoms with Crippen molar-refractivity contribution in [2.75, 3.05) is 13.1 Å². The van der Waals surface area contributed by atoms with Gasteiger partial charge >= 0.3 is 0 Å². The topological polar surface area (TPSA) is 15.6 Å². The normalized spacial score (nSPS) is 39.4. The fourth-order valence-corrected chi connectivity index (χ4v) is 6.24. The van der Waals surface area contributed by atoms with Gasteiger partial charge in [-0.3, -0.25) is 4.99 Å². The van der Waals surface area contributed by atoms with Gasteiger partial charge in [-0.1, -0.05) is 42.8 Å². The van der Waals surface area contributed by atoms with Gasteiger partial charge in [0.05, 0.1) is 11.4 Å². The van der Waals surface area contributed by atoms with Crippen molar-refractivity contribution in [1.29, 1.82) is 0 Å². The molecular weight excluding hydrogens is 328 g/mol. The Bertz CT molecular complexity index is 731. The number of benzene rings is 1. The second-order valence-corrected chi connectivity index (χ2v) is 8.98. The molecule has 0 amide bonds. The molecule has 1 saturated heterocycles. The Kier molecular flexibility index (Phi) is 3.57. The van der Waals surface area contributed by atoms with E-state index in [1.165, 1.54) is 56.6 Å². The molecule has 2 heterocycles. The maximum absolute atomic E-state index is 6.17. The van der Waals surface area contributed by atoms with Crippen molar-refractivity contribution < 1.29 is 0 Å². The minimum atomic E-state index is 0.0486. The molecule has 4 atom stereocenters. The predicted octanol–water partition coefficient (Wildman–Crippen LogP) is 5.22. The van der Waals surface area contributed by atoms with Crippen LogP contribution in [0.2, 0.25) is 5.02 Å². The third-order valence-electron chi connectivity index (χ3n) is 7.56. The molecule has 0 N–H and O–H groups in total. The van der Waals surface area contributed by atoms with Crippen molar-refractivity contribution in [2.45, 2.75) is 56.4 Å². The fourth-order valence-electron chi connectivity index (χ4n) is 6.12. The number of hydrogen-bond donors (Lipinski definition) is 0. The third-order valence-corrected chi connectivity index (χ3v) is 7.81. The quantitative estimate of drug-likeness (QED) is 0.631. The second-order valence-electron chi connectivity index (χ2n) is 8.54. The summed E-state index contributed by atoms with van der Waals surface area (Å²) in [6.45, 7) is 4.88. The van der Waals surface area contributed by atoms with E-state index < -0.39 is 0 Å². The van der Waals surface area contributed by atoms with Crippen LogP contribution in [0.3, 0.4) is 0 Å². The van der Waals surface area contributed by atoms with E-state index in [0.29, 0.717) is 11.8 Å². The number of amidine groups is 1. The summed E-state index contributed by atoms with van der Waals surface area (Å²) < 4.78 is 0. The summed E-state index contributed by atoms with van der Waals surface area (Å²) in [4.78, 5) is 8.12. The van der Waals surface area contributed by atoms with E-state index in [1.807, 2.05) is 0 Å². The summed E-state index contributed by atoms with van der Waals surface area (Å²) in [6, 6.07) is 8.59. The van der Waals surface area contributed by atoms with Gasteiger partial charge in [0.1, 0.15) is 0 Å². The Morgan fingerprint density at radius 2 is 1.76 bits per heavy atom. The van der Waals surface area contributed by atoms with Crippen LogP contribution in [0, 0.1) is 11.8 Å². The molecule has 4 unspecified atom stereocenters. The number of fused-ring (bicyclic) bond motifs is 3. The Labute approximate surface area is 156 Å². The van der Waals surface area contributed by atoms with Crippen molar-refractivity contribution in [2.24, 2.45) is 16.8 Å². The average Bonchev–Trinajstić information content (AvgIpc) is 3.35. The number of nitrogens with zero attached hydrogens (tertiary/aromatic N) is 2. The summed E-state index contributed by atoms with van der Waals surface area (Å²) >= 11 is 6.17. The molecule has 2 bridgehead atoms. The first-order valence-corrected chi connectivity index (χ1v) is 10.3. The van der Waals surface area contributed by atoms with Crippen LogP contribution < -0.4 is 0 Å². The molecule has 2 aliphatic heterocycles. The molecule has 25 heavy (non-hydrogen) atoms. The molecular formula is C22H27ClN2. The van der Waals surface area contributed by atoms with E-state index in [-0.39, 0.29) is 11.0 Å². The molecule has 1 aromatic rings. The monoisotopic (exact) mass is 354 g/mol. The number of allylic oxidation sites excluding steroid dienone is 1. The summed E-state index contributed by atoms with van der Waals surface area (Å²) in [5, 5.41) is 0.823. The van der Waals surface area contributed by atoms with E-state index in [4.69, 9.17) is 16.6 Å². The molecule has 1 saturated carbocycles. The molecule has 0 radical (unpaired) electrons.